The molecular weight excluding hydrogens is 220 g/mol. The predicted molar refractivity (Wildman–Crippen MR) is 49.6 cm³/mol. The van der Waals surface area contributed by atoms with Crippen LogP contribution in [0.25, 0.3) is 0 Å². The molecular formula is C8H14N2O6. The molecule has 1 aliphatic rings. The Kier molecular flexibility index (Phi) is 4.19. The van der Waals surface area contributed by atoms with E-state index in [0.717, 1.165) is 0 Å². The fraction of sp³-hybridized carbons (Fsp3) is 0.750. The number of carbonyl (C=O) groups is 2. The second kappa shape index (κ2) is 5.21. The summed E-state index contributed by atoms with van der Waals surface area (Å²) in [5.74, 6) is -1.65. The summed E-state index contributed by atoms with van der Waals surface area (Å²) in [7, 11) is 0. The molecule has 2 amide bonds. The van der Waals surface area contributed by atoms with Gasteiger partial charge < -0.3 is 30.2 Å². The van der Waals surface area contributed by atoms with E-state index in [4.69, 9.17) is 20.4 Å². The lowest BCUT2D eigenvalue weighted by Crippen LogP contribution is -2.54. The van der Waals surface area contributed by atoms with Crippen molar-refractivity contribution in [1.29, 1.82) is 0 Å². The molecule has 0 saturated carbocycles. The Morgan fingerprint density at radius 1 is 0.750 bits per heavy atom. The number of rotatable bonds is 2. The van der Waals surface area contributed by atoms with E-state index < -0.39 is 24.4 Å². The quantitative estimate of drug-likeness (QED) is 0.364. The van der Waals surface area contributed by atoms with Gasteiger partial charge in [-0.2, -0.15) is 0 Å². The summed E-state index contributed by atoms with van der Waals surface area (Å²) in [5.41, 5.74) is 0. The van der Waals surface area contributed by atoms with Crippen LogP contribution in [-0.2, 0) is 9.59 Å². The van der Waals surface area contributed by atoms with Gasteiger partial charge in [0.1, 0.15) is 0 Å². The maximum Gasteiger partial charge on any atom is 0.279 e. The van der Waals surface area contributed by atoms with Crippen LogP contribution in [-0.4, -0.2) is 80.8 Å². The van der Waals surface area contributed by atoms with E-state index in [-0.39, 0.29) is 26.2 Å². The first-order chi connectivity index (χ1) is 7.43. The monoisotopic (exact) mass is 234 g/mol. The minimum absolute atomic E-state index is 0.134. The van der Waals surface area contributed by atoms with Gasteiger partial charge in [-0.1, -0.05) is 0 Å². The highest BCUT2D eigenvalue weighted by Gasteiger charge is 2.28. The van der Waals surface area contributed by atoms with Crippen LogP contribution >= 0.6 is 0 Å². The standard InChI is InChI=1S/C8H14N2O6/c11-5(7(13)14)9-1-2-10(4-3-9)6(12)8(15)16/h7-8,13-16H,1-4H2. The molecule has 0 aromatic heterocycles. The zero-order valence-corrected chi connectivity index (χ0v) is 8.48. The molecule has 8 heteroatoms. The Morgan fingerprint density at radius 3 is 1.19 bits per heavy atom. The van der Waals surface area contributed by atoms with Crippen LogP contribution in [0.2, 0.25) is 0 Å². The van der Waals surface area contributed by atoms with Gasteiger partial charge in [0.15, 0.2) is 0 Å². The number of piperazine rings is 1. The molecule has 1 aliphatic heterocycles. The van der Waals surface area contributed by atoms with E-state index in [1.807, 2.05) is 0 Å². The fourth-order valence-electron chi connectivity index (χ4n) is 1.47. The van der Waals surface area contributed by atoms with Crippen molar-refractivity contribution >= 4 is 11.8 Å². The summed E-state index contributed by atoms with van der Waals surface area (Å²) >= 11 is 0. The van der Waals surface area contributed by atoms with E-state index in [0.29, 0.717) is 0 Å². The summed E-state index contributed by atoms with van der Waals surface area (Å²) in [6.07, 6.45) is -4.10. The van der Waals surface area contributed by atoms with Gasteiger partial charge in [-0.05, 0) is 0 Å². The molecule has 0 aromatic rings. The van der Waals surface area contributed by atoms with Crippen LogP contribution in [0, 0.1) is 0 Å². The van der Waals surface area contributed by atoms with Crippen molar-refractivity contribution in [2.45, 2.75) is 12.6 Å². The molecule has 0 atom stereocenters. The topological polar surface area (TPSA) is 122 Å². The highest BCUT2D eigenvalue weighted by Crippen LogP contribution is 2.04. The van der Waals surface area contributed by atoms with Crippen LogP contribution in [0.15, 0.2) is 0 Å². The van der Waals surface area contributed by atoms with Gasteiger partial charge in [0, 0.05) is 26.2 Å². The molecule has 16 heavy (non-hydrogen) atoms. The Bertz CT molecular complexity index is 244. The average Bonchev–Trinajstić information content (AvgIpc) is 2.27. The number of nitrogens with zero attached hydrogens (tertiary/aromatic N) is 2. The smallest absolute Gasteiger partial charge is 0.279 e. The largest absolute Gasteiger partial charge is 0.361 e. The number of hydrogen-bond donors (Lipinski definition) is 4. The van der Waals surface area contributed by atoms with Crippen LogP contribution in [0.3, 0.4) is 0 Å². The molecule has 92 valence electrons. The van der Waals surface area contributed by atoms with Crippen LogP contribution in [0.1, 0.15) is 0 Å². The van der Waals surface area contributed by atoms with E-state index >= 15 is 0 Å². The second-order valence-corrected chi connectivity index (χ2v) is 3.40. The van der Waals surface area contributed by atoms with Gasteiger partial charge in [0.2, 0.25) is 12.6 Å². The Labute approximate surface area is 91.3 Å². The van der Waals surface area contributed by atoms with Crippen molar-refractivity contribution in [1.82, 2.24) is 9.80 Å². The molecule has 1 rings (SSSR count). The van der Waals surface area contributed by atoms with Crippen molar-refractivity contribution in [3.63, 3.8) is 0 Å². The maximum atomic E-state index is 11.1. The molecule has 0 aromatic carbocycles. The number of amides is 2. The van der Waals surface area contributed by atoms with Crippen LogP contribution in [0.5, 0.6) is 0 Å². The van der Waals surface area contributed by atoms with Crippen molar-refractivity contribution in [3.8, 4) is 0 Å². The van der Waals surface area contributed by atoms with Crippen LogP contribution in [0.4, 0.5) is 0 Å². The SMILES string of the molecule is O=C(C(O)O)N1CCN(C(=O)C(O)O)CC1. The number of aliphatic hydroxyl groups is 4. The highest BCUT2D eigenvalue weighted by molar-refractivity contribution is 5.81. The lowest BCUT2D eigenvalue weighted by Gasteiger charge is -2.35. The van der Waals surface area contributed by atoms with Gasteiger partial charge in [0.25, 0.3) is 11.8 Å². The first-order valence-corrected chi connectivity index (χ1v) is 4.73. The van der Waals surface area contributed by atoms with Gasteiger partial charge in [0.05, 0.1) is 0 Å². The third-order valence-electron chi connectivity index (χ3n) is 2.34. The fourth-order valence-corrected chi connectivity index (χ4v) is 1.47. The normalized spacial score (nSPS) is 17.1. The number of aliphatic hydroxyl groups excluding tert-OH is 2. The Hall–Kier alpha value is -1.22. The lowest BCUT2D eigenvalue weighted by atomic mass is 10.3. The summed E-state index contributed by atoms with van der Waals surface area (Å²) in [6.45, 7) is 0.535. The summed E-state index contributed by atoms with van der Waals surface area (Å²) in [4.78, 5) is 24.6. The van der Waals surface area contributed by atoms with E-state index in [9.17, 15) is 9.59 Å². The van der Waals surface area contributed by atoms with E-state index in [1.165, 1.54) is 9.80 Å². The van der Waals surface area contributed by atoms with Crippen molar-refractivity contribution in [3.05, 3.63) is 0 Å². The third kappa shape index (κ3) is 2.89. The molecule has 0 spiro atoms. The van der Waals surface area contributed by atoms with Crippen molar-refractivity contribution < 1.29 is 30.0 Å². The van der Waals surface area contributed by atoms with E-state index in [1.54, 1.807) is 0 Å². The Morgan fingerprint density at radius 2 is 1.00 bits per heavy atom. The zero-order valence-electron chi connectivity index (χ0n) is 8.48. The molecule has 0 unspecified atom stereocenters. The zero-order chi connectivity index (χ0) is 12.3. The van der Waals surface area contributed by atoms with Crippen molar-refractivity contribution in [2.24, 2.45) is 0 Å². The molecule has 0 radical (unpaired) electrons. The Balaban J connectivity index is 2.45. The number of carbonyl (C=O) groups excluding carboxylic acids is 2. The predicted octanol–water partition coefficient (Wildman–Crippen LogP) is -3.72. The molecule has 1 heterocycles. The summed E-state index contributed by atoms with van der Waals surface area (Å²) in [5, 5.41) is 34.6. The minimum atomic E-state index is -2.05. The second-order valence-electron chi connectivity index (χ2n) is 3.40. The van der Waals surface area contributed by atoms with Gasteiger partial charge >= 0.3 is 0 Å². The average molecular weight is 234 g/mol. The molecule has 1 saturated heterocycles. The summed E-state index contributed by atoms with van der Waals surface area (Å²) < 4.78 is 0. The maximum absolute atomic E-state index is 11.1. The third-order valence-corrected chi connectivity index (χ3v) is 2.34. The molecule has 0 aliphatic carbocycles. The molecule has 8 nitrogen and oxygen atoms in total. The first-order valence-electron chi connectivity index (χ1n) is 4.73. The lowest BCUT2D eigenvalue weighted by molar-refractivity contribution is -0.167. The first kappa shape index (κ1) is 12.8. The highest BCUT2D eigenvalue weighted by atomic mass is 16.5. The number of hydrogen-bond acceptors (Lipinski definition) is 6. The summed E-state index contributed by atoms with van der Waals surface area (Å²) in [6, 6.07) is 0. The molecule has 1 fully saturated rings. The van der Waals surface area contributed by atoms with Gasteiger partial charge in [-0.3, -0.25) is 9.59 Å². The molecule has 4 N–H and O–H groups in total. The molecule has 0 bridgehead atoms. The van der Waals surface area contributed by atoms with E-state index in [2.05, 4.69) is 0 Å². The van der Waals surface area contributed by atoms with Crippen molar-refractivity contribution in [2.75, 3.05) is 26.2 Å². The van der Waals surface area contributed by atoms with Gasteiger partial charge in [-0.15, -0.1) is 0 Å². The minimum Gasteiger partial charge on any atom is -0.361 e. The van der Waals surface area contributed by atoms with Crippen LogP contribution < -0.4 is 0 Å². The van der Waals surface area contributed by atoms with Gasteiger partial charge in [-0.25, -0.2) is 0 Å².